The maximum absolute atomic E-state index is 5.81. The van der Waals surface area contributed by atoms with Crippen LogP contribution in [0.4, 0.5) is 0 Å². The Kier molecular flexibility index (Phi) is 5.61. The van der Waals surface area contributed by atoms with Gasteiger partial charge in [-0.05, 0) is 72.6 Å². The Morgan fingerprint density at radius 3 is 2.29 bits per heavy atom. The number of rotatable bonds is 6. The predicted octanol–water partition coefficient (Wildman–Crippen LogP) is 4.84. The lowest BCUT2D eigenvalue weighted by atomic mass is 9.70. The number of fused-ring (bicyclic) bond motifs is 1. The van der Waals surface area contributed by atoms with Crippen LogP contribution >= 0.6 is 0 Å². The number of methoxy groups -OCH3 is 2. The third-order valence-electron chi connectivity index (χ3n) is 6.39. The van der Waals surface area contributed by atoms with Gasteiger partial charge in [-0.2, -0.15) is 0 Å². The fraction of sp³-hybridized carbons (Fsp3) is 0.500. The molecule has 0 saturated carbocycles. The Balaban J connectivity index is 1.64. The monoisotopic (exact) mass is 382 g/mol. The first kappa shape index (κ1) is 19.3. The van der Waals surface area contributed by atoms with E-state index in [-0.39, 0.29) is 11.7 Å². The molecule has 0 bridgehead atoms. The molecule has 2 aromatic carbocycles. The molecule has 1 aliphatic carbocycles. The van der Waals surface area contributed by atoms with E-state index in [1.807, 2.05) is 0 Å². The lowest BCUT2D eigenvalue weighted by Gasteiger charge is -2.34. The van der Waals surface area contributed by atoms with E-state index in [0.29, 0.717) is 5.92 Å². The second-order valence-corrected chi connectivity index (χ2v) is 8.04. The summed E-state index contributed by atoms with van der Waals surface area (Å²) in [7, 11) is 3.44. The van der Waals surface area contributed by atoms with Crippen molar-refractivity contribution in [3.05, 3.63) is 59.2 Å². The maximum atomic E-state index is 5.81. The summed E-state index contributed by atoms with van der Waals surface area (Å²) in [5, 5.41) is 0. The Labute approximate surface area is 167 Å². The van der Waals surface area contributed by atoms with Crippen molar-refractivity contribution in [3.63, 3.8) is 0 Å². The zero-order chi connectivity index (χ0) is 19.6. The number of ether oxygens (including phenoxy) is 4. The molecule has 0 amide bonds. The van der Waals surface area contributed by atoms with Crippen LogP contribution in [0, 0.1) is 0 Å². The van der Waals surface area contributed by atoms with E-state index >= 15 is 0 Å². The summed E-state index contributed by atoms with van der Waals surface area (Å²) in [6, 6.07) is 15.1. The van der Waals surface area contributed by atoms with Crippen LogP contribution in [-0.2, 0) is 21.3 Å². The molecule has 1 fully saturated rings. The topological polar surface area (TPSA) is 36.9 Å². The average molecular weight is 383 g/mol. The van der Waals surface area contributed by atoms with Gasteiger partial charge in [0.05, 0.1) is 27.4 Å². The molecule has 4 rings (SSSR count). The van der Waals surface area contributed by atoms with Gasteiger partial charge in [0.2, 0.25) is 0 Å². The first-order valence-corrected chi connectivity index (χ1v) is 10.2. The van der Waals surface area contributed by atoms with Crippen LogP contribution < -0.4 is 9.47 Å². The van der Waals surface area contributed by atoms with Crippen molar-refractivity contribution in [2.75, 3.05) is 27.4 Å². The molecule has 1 aliphatic heterocycles. The highest BCUT2D eigenvalue weighted by molar-refractivity contribution is 5.49. The second kappa shape index (κ2) is 8.14. The zero-order valence-corrected chi connectivity index (χ0v) is 17.1. The number of hydrogen-bond donors (Lipinski definition) is 0. The van der Waals surface area contributed by atoms with Crippen molar-refractivity contribution < 1.29 is 18.9 Å². The van der Waals surface area contributed by atoms with E-state index in [9.17, 15) is 0 Å². The van der Waals surface area contributed by atoms with E-state index in [0.717, 1.165) is 50.4 Å². The highest BCUT2D eigenvalue weighted by Gasteiger charge is 2.43. The molecule has 1 heterocycles. The minimum Gasteiger partial charge on any atom is -0.497 e. The summed E-state index contributed by atoms with van der Waals surface area (Å²) in [5.74, 6) is 2.23. The predicted molar refractivity (Wildman–Crippen MR) is 109 cm³/mol. The normalized spacial score (nSPS) is 24.8. The molecule has 2 atom stereocenters. The van der Waals surface area contributed by atoms with Crippen LogP contribution in [0.3, 0.4) is 0 Å². The standard InChI is InChI=1S/C24H30O4/c1-24(18-5-7-19(25-2)8-6-18)16-17-15-20(26-3)9-10-21(17)22(24)11-12-23-27-13-4-14-28-23/h5-10,15,22-23H,4,11-14,16H2,1-3H3. The molecular formula is C24H30O4. The zero-order valence-electron chi connectivity index (χ0n) is 17.1. The van der Waals surface area contributed by atoms with Gasteiger partial charge in [-0.25, -0.2) is 0 Å². The SMILES string of the molecule is COc1ccc(C2(C)Cc3cc(OC)ccc3C2CCC2OCCCO2)cc1. The van der Waals surface area contributed by atoms with Crippen molar-refractivity contribution in [1.29, 1.82) is 0 Å². The first-order valence-electron chi connectivity index (χ1n) is 10.2. The highest BCUT2D eigenvalue weighted by Crippen LogP contribution is 2.52. The van der Waals surface area contributed by atoms with Crippen LogP contribution in [0.5, 0.6) is 11.5 Å². The molecule has 2 aromatic rings. The summed E-state index contributed by atoms with van der Waals surface area (Å²) in [6.07, 6.45) is 3.87. The number of benzene rings is 2. The van der Waals surface area contributed by atoms with Gasteiger partial charge in [-0.15, -0.1) is 0 Å². The minimum absolute atomic E-state index is 0.0234. The Morgan fingerprint density at radius 2 is 1.61 bits per heavy atom. The van der Waals surface area contributed by atoms with E-state index < -0.39 is 0 Å². The quantitative estimate of drug-likeness (QED) is 0.716. The van der Waals surface area contributed by atoms with Crippen LogP contribution in [-0.4, -0.2) is 33.7 Å². The Bertz CT molecular complexity index is 795. The maximum Gasteiger partial charge on any atom is 0.157 e. The van der Waals surface area contributed by atoms with Gasteiger partial charge in [0.15, 0.2) is 6.29 Å². The van der Waals surface area contributed by atoms with Crippen molar-refractivity contribution in [2.24, 2.45) is 0 Å². The molecule has 1 saturated heterocycles. The highest BCUT2D eigenvalue weighted by atomic mass is 16.7. The molecule has 0 aromatic heterocycles. The van der Waals surface area contributed by atoms with E-state index in [4.69, 9.17) is 18.9 Å². The van der Waals surface area contributed by atoms with Crippen molar-refractivity contribution >= 4 is 0 Å². The second-order valence-electron chi connectivity index (χ2n) is 8.04. The average Bonchev–Trinajstić information content (AvgIpc) is 3.04. The van der Waals surface area contributed by atoms with Gasteiger partial charge < -0.3 is 18.9 Å². The number of hydrogen-bond acceptors (Lipinski definition) is 4. The molecule has 0 spiro atoms. The summed E-state index contributed by atoms with van der Waals surface area (Å²) < 4.78 is 22.5. The fourth-order valence-electron chi connectivity index (χ4n) is 4.82. The third-order valence-corrected chi connectivity index (χ3v) is 6.39. The molecule has 2 aliphatic rings. The fourth-order valence-corrected chi connectivity index (χ4v) is 4.82. The molecule has 0 radical (unpaired) electrons. The van der Waals surface area contributed by atoms with Gasteiger partial charge in [-0.1, -0.05) is 25.1 Å². The van der Waals surface area contributed by atoms with Gasteiger partial charge >= 0.3 is 0 Å². The summed E-state index contributed by atoms with van der Waals surface area (Å²) in [6.45, 7) is 3.99. The molecule has 0 N–H and O–H groups in total. The van der Waals surface area contributed by atoms with Crippen LogP contribution in [0.1, 0.15) is 48.8 Å². The molecule has 4 heteroatoms. The summed E-state index contributed by atoms with van der Waals surface area (Å²) in [5.41, 5.74) is 4.18. The van der Waals surface area contributed by atoms with Gasteiger partial charge in [0, 0.05) is 5.41 Å². The molecule has 4 nitrogen and oxygen atoms in total. The van der Waals surface area contributed by atoms with Gasteiger partial charge in [0.1, 0.15) is 11.5 Å². The van der Waals surface area contributed by atoms with Crippen LogP contribution in [0.15, 0.2) is 42.5 Å². The van der Waals surface area contributed by atoms with Gasteiger partial charge in [-0.3, -0.25) is 0 Å². The van der Waals surface area contributed by atoms with Crippen LogP contribution in [0.25, 0.3) is 0 Å². The van der Waals surface area contributed by atoms with Gasteiger partial charge in [0.25, 0.3) is 0 Å². The molecular weight excluding hydrogens is 352 g/mol. The minimum atomic E-state index is -0.0730. The van der Waals surface area contributed by atoms with E-state index in [1.165, 1.54) is 16.7 Å². The largest absolute Gasteiger partial charge is 0.497 e. The molecule has 28 heavy (non-hydrogen) atoms. The first-order chi connectivity index (χ1) is 13.6. The molecule has 2 unspecified atom stereocenters. The Hall–Kier alpha value is -2.04. The van der Waals surface area contributed by atoms with E-state index in [2.05, 4.69) is 49.4 Å². The lowest BCUT2D eigenvalue weighted by Crippen LogP contribution is -2.30. The van der Waals surface area contributed by atoms with Crippen molar-refractivity contribution in [2.45, 2.75) is 50.2 Å². The smallest absolute Gasteiger partial charge is 0.157 e. The van der Waals surface area contributed by atoms with Crippen molar-refractivity contribution in [3.8, 4) is 11.5 Å². The third kappa shape index (κ3) is 3.63. The van der Waals surface area contributed by atoms with E-state index in [1.54, 1.807) is 14.2 Å². The molecule has 150 valence electrons. The van der Waals surface area contributed by atoms with Crippen molar-refractivity contribution in [1.82, 2.24) is 0 Å². The summed E-state index contributed by atoms with van der Waals surface area (Å²) in [4.78, 5) is 0. The lowest BCUT2D eigenvalue weighted by molar-refractivity contribution is -0.182. The Morgan fingerprint density at radius 1 is 0.929 bits per heavy atom. The van der Waals surface area contributed by atoms with Crippen LogP contribution in [0.2, 0.25) is 0 Å². The summed E-state index contributed by atoms with van der Waals surface area (Å²) >= 11 is 0.